The fourth-order valence-corrected chi connectivity index (χ4v) is 1.70. The van der Waals surface area contributed by atoms with Crippen LogP contribution in [-0.2, 0) is 4.79 Å². The molecule has 4 nitrogen and oxygen atoms in total. The van der Waals surface area contributed by atoms with Gasteiger partial charge >= 0.3 is 5.97 Å². The Morgan fingerprint density at radius 3 is 2.85 bits per heavy atom. The molecule has 1 saturated heterocycles. The Balaban J connectivity index is 2.35. The van der Waals surface area contributed by atoms with Gasteiger partial charge in [0.1, 0.15) is 6.04 Å². The number of carboxylic acid groups (broad SMARTS) is 1. The van der Waals surface area contributed by atoms with E-state index in [1.807, 2.05) is 14.1 Å². The average Bonchev–Trinajstić information content (AvgIpc) is 2.47. The Hall–Kier alpha value is -0.610. The van der Waals surface area contributed by atoms with Gasteiger partial charge in [0, 0.05) is 13.1 Å². The van der Waals surface area contributed by atoms with Crippen molar-refractivity contribution in [3.63, 3.8) is 0 Å². The molecule has 76 valence electrons. The van der Waals surface area contributed by atoms with Gasteiger partial charge in [0.25, 0.3) is 0 Å². The first kappa shape index (κ1) is 10.5. The van der Waals surface area contributed by atoms with Gasteiger partial charge in [-0.1, -0.05) is 0 Å². The normalized spacial score (nSPS) is 24.1. The zero-order chi connectivity index (χ0) is 9.84. The van der Waals surface area contributed by atoms with Crippen molar-refractivity contribution in [2.45, 2.75) is 18.9 Å². The average molecular weight is 186 g/mol. The number of carboxylic acids is 1. The van der Waals surface area contributed by atoms with Gasteiger partial charge < -0.3 is 10.0 Å². The third kappa shape index (κ3) is 2.97. The molecule has 1 fully saturated rings. The molecule has 0 spiro atoms. The lowest BCUT2D eigenvalue weighted by molar-refractivity contribution is -0.142. The molecule has 1 rings (SSSR count). The molecular formula is C9H18N2O2. The number of rotatable bonds is 4. The summed E-state index contributed by atoms with van der Waals surface area (Å²) in [5.41, 5.74) is 0. The first-order valence-electron chi connectivity index (χ1n) is 4.73. The van der Waals surface area contributed by atoms with Crippen LogP contribution in [0.3, 0.4) is 0 Å². The molecule has 0 bridgehead atoms. The zero-order valence-corrected chi connectivity index (χ0v) is 8.36. The molecule has 1 heterocycles. The highest BCUT2D eigenvalue weighted by Crippen LogP contribution is 2.16. The molecule has 0 aromatic carbocycles. The van der Waals surface area contributed by atoms with E-state index in [0.717, 1.165) is 32.5 Å². The van der Waals surface area contributed by atoms with Gasteiger partial charge in [0.15, 0.2) is 0 Å². The van der Waals surface area contributed by atoms with E-state index in [9.17, 15) is 4.79 Å². The molecule has 0 radical (unpaired) electrons. The van der Waals surface area contributed by atoms with Crippen LogP contribution in [0, 0.1) is 0 Å². The number of aliphatic carboxylic acids is 1. The standard InChI is InChI=1S/C9H18N2O2/c1-10(2)6-7-11-5-3-4-8(11)9(12)13/h8H,3-7H2,1-2H3,(H,12,13). The highest BCUT2D eigenvalue weighted by molar-refractivity contribution is 5.73. The van der Waals surface area contributed by atoms with Gasteiger partial charge in [-0.3, -0.25) is 9.69 Å². The first-order chi connectivity index (χ1) is 6.11. The summed E-state index contributed by atoms with van der Waals surface area (Å²) in [7, 11) is 4.01. The maximum absolute atomic E-state index is 10.8. The molecule has 1 N–H and O–H groups in total. The fourth-order valence-electron chi connectivity index (χ4n) is 1.70. The van der Waals surface area contributed by atoms with Crippen molar-refractivity contribution in [1.29, 1.82) is 0 Å². The highest BCUT2D eigenvalue weighted by atomic mass is 16.4. The molecule has 0 saturated carbocycles. The molecule has 0 aromatic rings. The molecule has 0 aromatic heterocycles. The van der Waals surface area contributed by atoms with Gasteiger partial charge in [0.05, 0.1) is 0 Å². The first-order valence-corrected chi connectivity index (χ1v) is 4.73. The number of likely N-dealkylation sites (tertiary alicyclic amines) is 1. The van der Waals surface area contributed by atoms with Gasteiger partial charge in [-0.05, 0) is 33.5 Å². The van der Waals surface area contributed by atoms with Crippen LogP contribution in [0.25, 0.3) is 0 Å². The minimum Gasteiger partial charge on any atom is -0.480 e. The van der Waals surface area contributed by atoms with Crippen LogP contribution in [0.2, 0.25) is 0 Å². The van der Waals surface area contributed by atoms with E-state index in [4.69, 9.17) is 5.11 Å². The maximum Gasteiger partial charge on any atom is 0.320 e. The minimum absolute atomic E-state index is 0.236. The number of likely N-dealkylation sites (N-methyl/N-ethyl adjacent to an activating group) is 1. The van der Waals surface area contributed by atoms with E-state index in [2.05, 4.69) is 9.80 Å². The molecule has 0 aliphatic carbocycles. The summed E-state index contributed by atoms with van der Waals surface area (Å²) in [4.78, 5) is 14.9. The second kappa shape index (κ2) is 4.58. The van der Waals surface area contributed by atoms with Crippen LogP contribution in [0.15, 0.2) is 0 Å². The quantitative estimate of drug-likeness (QED) is 0.676. The van der Waals surface area contributed by atoms with Gasteiger partial charge in [-0.2, -0.15) is 0 Å². The van der Waals surface area contributed by atoms with Crippen molar-refractivity contribution in [2.75, 3.05) is 33.7 Å². The van der Waals surface area contributed by atoms with E-state index in [-0.39, 0.29) is 6.04 Å². The third-order valence-electron chi connectivity index (χ3n) is 2.48. The molecule has 0 amide bonds. The number of nitrogens with zero attached hydrogens (tertiary/aromatic N) is 2. The fraction of sp³-hybridized carbons (Fsp3) is 0.889. The lowest BCUT2D eigenvalue weighted by atomic mass is 10.2. The van der Waals surface area contributed by atoms with Crippen molar-refractivity contribution in [3.8, 4) is 0 Å². The Kier molecular flexibility index (Phi) is 3.69. The van der Waals surface area contributed by atoms with Crippen LogP contribution in [0.5, 0.6) is 0 Å². The Bertz CT molecular complexity index is 182. The second-order valence-electron chi connectivity index (χ2n) is 3.84. The molecule has 13 heavy (non-hydrogen) atoms. The van der Waals surface area contributed by atoms with Crippen molar-refractivity contribution in [2.24, 2.45) is 0 Å². The summed E-state index contributed by atoms with van der Waals surface area (Å²) in [5, 5.41) is 8.89. The Labute approximate surface area is 79.1 Å². The number of hydrogen-bond donors (Lipinski definition) is 1. The Morgan fingerprint density at radius 1 is 1.62 bits per heavy atom. The van der Waals surface area contributed by atoms with Crippen molar-refractivity contribution in [1.82, 2.24) is 9.80 Å². The van der Waals surface area contributed by atoms with Crippen molar-refractivity contribution in [3.05, 3.63) is 0 Å². The van der Waals surface area contributed by atoms with Crippen LogP contribution in [0.4, 0.5) is 0 Å². The summed E-state index contributed by atoms with van der Waals surface area (Å²) in [6.45, 7) is 2.73. The predicted octanol–water partition coefficient (Wildman–Crippen LogP) is 0.0970. The minimum atomic E-state index is -0.670. The van der Waals surface area contributed by atoms with Gasteiger partial charge in [-0.15, -0.1) is 0 Å². The lowest BCUT2D eigenvalue weighted by Crippen LogP contribution is -2.39. The van der Waals surface area contributed by atoms with Crippen molar-refractivity contribution >= 4 is 5.97 Å². The highest BCUT2D eigenvalue weighted by Gasteiger charge is 2.29. The van der Waals surface area contributed by atoms with E-state index < -0.39 is 5.97 Å². The molecule has 4 heteroatoms. The van der Waals surface area contributed by atoms with Crippen LogP contribution < -0.4 is 0 Å². The molecule has 1 aliphatic rings. The van der Waals surface area contributed by atoms with E-state index in [1.54, 1.807) is 0 Å². The van der Waals surface area contributed by atoms with Gasteiger partial charge in [0.2, 0.25) is 0 Å². The van der Waals surface area contributed by atoms with Crippen molar-refractivity contribution < 1.29 is 9.90 Å². The lowest BCUT2D eigenvalue weighted by Gasteiger charge is -2.22. The Morgan fingerprint density at radius 2 is 2.31 bits per heavy atom. The third-order valence-corrected chi connectivity index (χ3v) is 2.48. The summed E-state index contributed by atoms with van der Waals surface area (Å²) >= 11 is 0. The maximum atomic E-state index is 10.8. The molecular weight excluding hydrogens is 168 g/mol. The summed E-state index contributed by atoms with van der Waals surface area (Å²) < 4.78 is 0. The number of hydrogen-bond acceptors (Lipinski definition) is 3. The van der Waals surface area contributed by atoms with Crippen LogP contribution >= 0.6 is 0 Å². The van der Waals surface area contributed by atoms with Crippen LogP contribution in [0.1, 0.15) is 12.8 Å². The SMILES string of the molecule is CN(C)CCN1CCCC1C(=O)O. The number of carbonyl (C=O) groups is 1. The summed E-state index contributed by atoms with van der Waals surface area (Å²) in [5.74, 6) is -0.670. The van der Waals surface area contributed by atoms with Crippen LogP contribution in [-0.4, -0.2) is 60.6 Å². The van der Waals surface area contributed by atoms with E-state index >= 15 is 0 Å². The molecule has 1 aliphatic heterocycles. The topological polar surface area (TPSA) is 43.8 Å². The van der Waals surface area contributed by atoms with E-state index in [1.165, 1.54) is 0 Å². The smallest absolute Gasteiger partial charge is 0.320 e. The largest absolute Gasteiger partial charge is 0.480 e. The molecule has 1 unspecified atom stereocenters. The van der Waals surface area contributed by atoms with Gasteiger partial charge in [-0.25, -0.2) is 0 Å². The summed E-state index contributed by atoms with van der Waals surface area (Å²) in [6.07, 6.45) is 1.83. The summed E-state index contributed by atoms with van der Waals surface area (Å²) in [6, 6.07) is -0.236. The molecule has 1 atom stereocenters. The van der Waals surface area contributed by atoms with E-state index in [0.29, 0.717) is 0 Å². The zero-order valence-electron chi connectivity index (χ0n) is 8.36. The predicted molar refractivity (Wildman–Crippen MR) is 50.8 cm³/mol. The second-order valence-corrected chi connectivity index (χ2v) is 3.84. The monoisotopic (exact) mass is 186 g/mol.